The van der Waals surface area contributed by atoms with Gasteiger partial charge >= 0.3 is 0 Å². The summed E-state index contributed by atoms with van der Waals surface area (Å²) in [7, 11) is 0. The average molecular weight is 346 g/mol. The van der Waals surface area contributed by atoms with Crippen LogP contribution in [0.4, 0.5) is 5.69 Å². The molecule has 136 valence electrons. The molecule has 1 aromatic rings. The molecule has 2 fully saturated rings. The molecular weight excluding hydrogens is 320 g/mol. The van der Waals surface area contributed by atoms with E-state index in [2.05, 4.69) is 20.9 Å². The number of benzene rings is 1. The molecule has 0 spiro atoms. The van der Waals surface area contributed by atoms with Gasteiger partial charge in [0.05, 0.1) is 30.4 Å². The number of rotatable bonds is 6. The summed E-state index contributed by atoms with van der Waals surface area (Å²) in [5, 5.41) is 9.03. The van der Waals surface area contributed by atoms with Crippen LogP contribution in [0.5, 0.6) is 0 Å². The van der Waals surface area contributed by atoms with Gasteiger partial charge in [0.15, 0.2) is 0 Å². The van der Waals surface area contributed by atoms with E-state index in [1.165, 1.54) is 0 Å². The lowest BCUT2D eigenvalue weighted by Gasteiger charge is -2.26. The maximum atomic E-state index is 12.5. The molecule has 0 radical (unpaired) electrons. The topological polar surface area (TPSA) is 82.7 Å². The van der Waals surface area contributed by atoms with Crippen LogP contribution in [0, 0.1) is 5.92 Å². The number of ether oxygens (including phenoxy) is 1. The van der Waals surface area contributed by atoms with Crippen molar-refractivity contribution < 1.29 is 14.3 Å². The standard InChI is InChI=1S/C18H26N4O3/c23-17(14-5-6-19-13-14)21-16-4-2-1-3-15(16)18(24)20-7-8-22-9-11-25-12-10-22/h1-4,14,19H,5-13H2,(H,20,24)(H,21,23)/t14-/m0/s1. The number of nitrogens with one attached hydrogen (secondary N) is 3. The Morgan fingerprint density at radius 3 is 2.80 bits per heavy atom. The molecule has 1 aromatic carbocycles. The molecule has 2 amide bonds. The zero-order valence-electron chi connectivity index (χ0n) is 14.4. The normalized spacial score (nSPS) is 21.0. The third-order valence-corrected chi connectivity index (χ3v) is 4.68. The Balaban J connectivity index is 1.53. The Morgan fingerprint density at radius 1 is 1.24 bits per heavy atom. The molecule has 25 heavy (non-hydrogen) atoms. The summed E-state index contributed by atoms with van der Waals surface area (Å²) in [5.74, 6) is -0.218. The van der Waals surface area contributed by atoms with Crippen LogP contribution in [0.2, 0.25) is 0 Å². The van der Waals surface area contributed by atoms with E-state index in [1.54, 1.807) is 12.1 Å². The van der Waals surface area contributed by atoms with Crippen molar-refractivity contribution in [3.8, 4) is 0 Å². The predicted molar refractivity (Wildman–Crippen MR) is 95.6 cm³/mol. The second-order valence-electron chi connectivity index (χ2n) is 6.43. The number of anilines is 1. The van der Waals surface area contributed by atoms with Crippen molar-refractivity contribution in [2.24, 2.45) is 5.92 Å². The molecule has 2 aliphatic rings. The molecule has 3 rings (SSSR count). The van der Waals surface area contributed by atoms with Crippen molar-refractivity contribution in [3.05, 3.63) is 29.8 Å². The fourth-order valence-corrected chi connectivity index (χ4v) is 3.15. The van der Waals surface area contributed by atoms with E-state index in [4.69, 9.17) is 4.74 Å². The summed E-state index contributed by atoms with van der Waals surface area (Å²) in [6, 6.07) is 7.15. The van der Waals surface area contributed by atoms with Crippen molar-refractivity contribution in [2.75, 3.05) is 57.8 Å². The molecule has 0 unspecified atom stereocenters. The van der Waals surface area contributed by atoms with Gasteiger partial charge in [0.1, 0.15) is 0 Å². The van der Waals surface area contributed by atoms with E-state index >= 15 is 0 Å². The van der Waals surface area contributed by atoms with Gasteiger partial charge in [-0.05, 0) is 25.1 Å². The number of hydrogen-bond donors (Lipinski definition) is 3. The van der Waals surface area contributed by atoms with Gasteiger partial charge in [-0.1, -0.05) is 12.1 Å². The Hall–Kier alpha value is -1.96. The predicted octanol–water partition coefficient (Wildman–Crippen LogP) is 0.297. The molecule has 2 heterocycles. The third kappa shape index (κ3) is 5.01. The zero-order valence-corrected chi connectivity index (χ0v) is 14.4. The van der Waals surface area contributed by atoms with Gasteiger partial charge in [0.25, 0.3) is 5.91 Å². The summed E-state index contributed by atoms with van der Waals surface area (Å²) in [4.78, 5) is 27.1. The van der Waals surface area contributed by atoms with Crippen molar-refractivity contribution in [3.63, 3.8) is 0 Å². The highest BCUT2D eigenvalue weighted by Gasteiger charge is 2.23. The Bertz CT molecular complexity index is 596. The molecule has 2 aliphatic heterocycles. The number of para-hydroxylation sites is 1. The number of carbonyl (C=O) groups is 2. The Morgan fingerprint density at radius 2 is 2.04 bits per heavy atom. The van der Waals surface area contributed by atoms with Crippen LogP contribution in [-0.4, -0.2) is 69.2 Å². The van der Waals surface area contributed by atoms with Crippen LogP contribution in [0.25, 0.3) is 0 Å². The third-order valence-electron chi connectivity index (χ3n) is 4.68. The minimum Gasteiger partial charge on any atom is -0.379 e. The molecule has 3 N–H and O–H groups in total. The van der Waals surface area contributed by atoms with Crippen LogP contribution in [0.3, 0.4) is 0 Å². The van der Waals surface area contributed by atoms with Crippen molar-refractivity contribution in [2.45, 2.75) is 6.42 Å². The maximum Gasteiger partial charge on any atom is 0.253 e. The first kappa shape index (κ1) is 17.8. The molecule has 1 atom stereocenters. The van der Waals surface area contributed by atoms with Crippen molar-refractivity contribution in [1.29, 1.82) is 0 Å². The molecular formula is C18H26N4O3. The minimum atomic E-state index is -0.159. The Labute approximate surface area is 148 Å². The van der Waals surface area contributed by atoms with Crippen molar-refractivity contribution in [1.82, 2.24) is 15.5 Å². The Kier molecular flexibility index (Phi) is 6.38. The summed E-state index contributed by atoms with van der Waals surface area (Å²) < 4.78 is 5.32. The van der Waals surface area contributed by atoms with Gasteiger partial charge in [-0.3, -0.25) is 14.5 Å². The van der Waals surface area contributed by atoms with Crippen LogP contribution in [0.1, 0.15) is 16.8 Å². The lowest BCUT2D eigenvalue weighted by Crippen LogP contribution is -2.41. The largest absolute Gasteiger partial charge is 0.379 e. The lowest BCUT2D eigenvalue weighted by atomic mass is 10.1. The van der Waals surface area contributed by atoms with Gasteiger partial charge in [0.2, 0.25) is 5.91 Å². The zero-order chi connectivity index (χ0) is 17.5. The van der Waals surface area contributed by atoms with Crippen LogP contribution >= 0.6 is 0 Å². The fourth-order valence-electron chi connectivity index (χ4n) is 3.15. The summed E-state index contributed by atoms with van der Waals surface area (Å²) in [6.45, 7) is 6.24. The smallest absolute Gasteiger partial charge is 0.253 e. The minimum absolute atomic E-state index is 0.0291. The fraction of sp³-hybridized carbons (Fsp3) is 0.556. The highest BCUT2D eigenvalue weighted by atomic mass is 16.5. The molecule has 0 aliphatic carbocycles. The molecule has 7 nitrogen and oxygen atoms in total. The second-order valence-corrected chi connectivity index (χ2v) is 6.43. The van der Waals surface area contributed by atoms with E-state index < -0.39 is 0 Å². The monoisotopic (exact) mass is 346 g/mol. The van der Waals surface area contributed by atoms with E-state index in [0.717, 1.165) is 45.8 Å². The lowest BCUT2D eigenvalue weighted by molar-refractivity contribution is -0.119. The van der Waals surface area contributed by atoms with Crippen LogP contribution in [0.15, 0.2) is 24.3 Å². The highest BCUT2D eigenvalue weighted by Crippen LogP contribution is 2.17. The quantitative estimate of drug-likeness (QED) is 0.690. The van der Waals surface area contributed by atoms with E-state index in [1.807, 2.05) is 12.1 Å². The second kappa shape index (κ2) is 8.94. The average Bonchev–Trinajstić information content (AvgIpc) is 3.18. The van der Waals surface area contributed by atoms with Crippen LogP contribution in [-0.2, 0) is 9.53 Å². The number of nitrogens with zero attached hydrogens (tertiary/aromatic N) is 1. The molecule has 0 bridgehead atoms. The van der Waals surface area contributed by atoms with Gasteiger partial charge in [-0.2, -0.15) is 0 Å². The number of hydrogen-bond acceptors (Lipinski definition) is 5. The first-order chi connectivity index (χ1) is 12.2. The first-order valence-electron chi connectivity index (χ1n) is 8.93. The van der Waals surface area contributed by atoms with Gasteiger partial charge < -0.3 is 20.7 Å². The molecule has 2 saturated heterocycles. The van der Waals surface area contributed by atoms with E-state index in [0.29, 0.717) is 24.3 Å². The van der Waals surface area contributed by atoms with Gasteiger partial charge in [-0.25, -0.2) is 0 Å². The number of amides is 2. The summed E-state index contributed by atoms with van der Waals surface area (Å²) in [6.07, 6.45) is 0.833. The summed E-state index contributed by atoms with van der Waals surface area (Å²) >= 11 is 0. The molecule has 0 saturated carbocycles. The SMILES string of the molecule is O=C(NCCN1CCOCC1)c1ccccc1NC(=O)[C@H]1CCNC1. The number of carbonyl (C=O) groups excluding carboxylic acids is 2. The number of morpholine rings is 1. The van der Waals surface area contributed by atoms with E-state index in [9.17, 15) is 9.59 Å². The molecule has 7 heteroatoms. The summed E-state index contributed by atoms with van der Waals surface area (Å²) in [5.41, 5.74) is 1.08. The van der Waals surface area contributed by atoms with Gasteiger partial charge in [-0.15, -0.1) is 0 Å². The van der Waals surface area contributed by atoms with Gasteiger partial charge in [0, 0.05) is 32.7 Å². The maximum absolute atomic E-state index is 12.5. The van der Waals surface area contributed by atoms with E-state index in [-0.39, 0.29) is 17.7 Å². The van der Waals surface area contributed by atoms with Crippen molar-refractivity contribution >= 4 is 17.5 Å². The molecule has 0 aromatic heterocycles. The first-order valence-corrected chi connectivity index (χ1v) is 8.93. The highest BCUT2D eigenvalue weighted by molar-refractivity contribution is 6.04. The van der Waals surface area contributed by atoms with Crippen LogP contribution < -0.4 is 16.0 Å².